The Balaban J connectivity index is 2.11. The molecular formula is C21H22N2O4S. The van der Waals surface area contributed by atoms with Crippen molar-refractivity contribution in [1.82, 2.24) is 4.57 Å². The van der Waals surface area contributed by atoms with Crippen molar-refractivity contribution in [2.75, 3.05) is 13.7 Å². The topological polar surface area (TPSA) is 69.9 Å². The van der Waals surface area contributed by atoms with Crippen LogP contribution < -0.4 is 9.54 Å². The van der Waals surface area contributed by atoms with Crippen molar-refractivity contribution >= 4 is 33.4 Å². The predicted molar refractivity (Wildman–Crippen MR) is 109 cm³/mol. The van der Waals surface area contributed by atoms with E-state index >= 15 is 0 Å². The number of ether oxygens (including phenoxy) is 2. The van der Waals surface area contributed by atoms with Gasteiger partial charge in [0, 0.05) is 5.56 Å². The average molecular weight is 398 g/mol. The number of amides is 1. The summed E-state index contributed by atoms with van der Waals surface area (Å²) in [7, 11) is 1.59. The second-order valence-corrected chi connectivity index (χ2v) is 7.33. The summed E-state index contributed by atoms with van der Waals surface area (Å²) in [6.45, 7) is 5.99. The molecule has 0 saturated carbocycles. The summed E-state index contributed by atoms with van der Waals surface area (Å²) in [4.78, 5) is 29.5. The van der Waals surface area contributed by atoms with Gasteiger partial charge in [0.05, 0.1) is 23.9 Å². The van der Waals surface area contributed by atoms with Crippen molar-refractivity contribution < 1.29 is 19.1 Å². The lowest BCUT2D eigenvalue weighted by molar-refractivity contribution is -0.143. The Kier molecular flexibility index (Phi) is 5.94. The van der Waals surface area contributed by atoms with E-state index in [9.17, 15) is 9.59 Å². The van der Waals surface area contributed by atoms with Crippen LogP contribution in [0.3, 0.4) is 0 Å². The fourth-order valence-corrected chi connectivity index (χ4v) is 3.84. The highest BCUT2D eigenvalue weighted by Crippen LogP contribution is 2.23. The van der Waals surface area contributed by atoms with Crippen LogP contribution in [0.2, 0.25) is 0 Å². The van der Waals surface area contributed by atoms with Gasteiger partial charge in [-0.25, -0.2) is 0 Å². The van der Waals surface area contributed by atoms with E-state index in [0.717, 1.165) is 21.3 Å². The molecule has 0 aliphatic carbocycles. The number of esters is 1. The predicted octanol–water partition coefficient (Wildman–Crippen LogP) is 3.63. The van der Waals surface area contributed by atoms with Gasteiger partial charge in [-0.2, -0.15) is 4.99 Å². The molecule has 2 aromatic carbocycles. The molecule has 0 aliphatic heterocycles. The average Bonchev–Trinajstić information content (AvgIpc) is 3.00. The molecule has 28 heavy (non-hydrogen) atoms. The molecule has 1 aromatic heterocycles. The molecule has 0 spiro atoms. The Bertz CT molecular complexity index is 1110. The molecule has 0 N–H and O–H groups in total. The monoisotopic (exact) mass is 398 g/mol. The SMILES string of the molecule is CCOC(=O)Cn1c(=NC(=O)c2ccc(C)c(C)c2)sc2cc(OC)ccc21. The molecule has 146 valence electrons. The number of aryl methyl sites for hydroxylation is 2. The molecule has 0 saturated heterocycles. The van der Waals surface area contributed by atoms with Crippen LogP contribution in [0.1, 0.15) is 28.4 Å². The highest BCUT2D eigenvalue weighted by molar-refractivity contribution is 7.16. The van der Waals surface area contributed by atoms with E-state index in [2.05, 4.69) is 4.99 Å². The van der Waals surface area contributed by atoms with Crippen LogP contribution in [0.5, 0.6) is 5.75 Å². The van der Waals surface area contributed by atoms with Crippen LogP contribution in [0, 0.1) is 13.8 Å². The summed E-state index contributed by atoms with van der Waals surface area (Å²) < 4.78 is 12.9. The number of nitrogens with zero attached hydrogens (tertiary/aromatic N) is 2. The number of hydrogen-bond acceptors (Lipinski definition) is 5. The van der Waals surface area contributed by atoms with Gasteiger partial charge in [0.2, 0.25) is 0 Å². The zero-order chi connectivity index (χ0) is 20.3. The Morgan fingerprint density at radius 1 is 1.11 bits per heavy atom. The van der Waals surface area contributed by atoms with E-state index in [1.54, 1.807) is 24.7 Å². The highest BCUT2D eigenvalue weighted by Gasteiger charge is 2.14. The van der Waals surface area contributed by atoms with Gasteiger partial charge in [0.1, 0.15) is 12.3 Å². The molecule has 3 rings (SSSR count). The quantitative estimate of drug-likeness (QED) is 0.616. The molecule has 0 unspecified atom stereocenters. The van der Waals surface area contributed by atoms with Gasteiger partial charge in [0.15, 0.2) is 4.80 Å². The molecule has 3 aromatic rings. The van der Waals surface area contributed by atoms with Crippen LogP contribution in [-0.4, -0.2) is 30.2 Å². The molecule has 0 bridgehead atoms. The third-order valence-electron chi connectivity index (χ3n) is 4.43. The number of fused-ring (bicyclic) bond motifs is 1. The maximum Gasteiger partial charge on any atom is 0.326 e. The first-order valence-electron chi connectivity index (χ1n) is 8.92. The first-order valence-corrected chi connectivity index (χ1v) is 9.74. The van der Waals surface area contributed by atoms with Gasteiger partial charge in [-0.3, -0.25) is 9.59 Å². The molecule has 0 aliphatic rings. The number of aromatic nitrogens is 1. The number of methoxy groups -OCH3 is 1. The van der Waals surface area contributed by atoms with Crippen molar-refractivity contribution in [3.8, 4) is 5.75 Å². The standard InChI is InChI=1S/C21H22N2O4S/c1-5-27-19(24)12-23-17-9-8-16(26-4)11-18(17)28-21(23)22-20(25)15-7-6-13(2)14(3)10-15/h6-11H,5,12H2,1-4H3. The van der Waals surface area contributed by atoms with Crippen LogP contribution in [0.4, 0.5) is 0 Å². The summed E-state index contributed by atoms with van der Waals surface area (Å²) >= 11 is 1.33. The number of carbonyl (C=O) groups is 2. The first kappa shape index (κ1) is 19.8. The zero-order valence-electron chi connectivity index (χ0n) is 16.3. The third kappa shape index (κ3) is 4.14. The second kappa shape index (κ2) is 8.39. The summed E-state index contributed by atoms with van der Waals surface area (Å²) in [6, 6.07) is 11.0. The number of carbonyl (C=O) groups excluding carboxylic acids is 2. The Morgan fingerprint density at radius 3 is 2.57 bits per heavy atom. The van der Waals surface area contributed by atoms with Gasteiger partial charge in [-0.1, -0.05) is 17.4 Å². The van der Waals surface area contributed by atoms with Gasteiger partial charge in [-0.15, -0.1) is 0 Å². The summed E-state index contributed by atoms with van der Waals surface area (Å²) in [5.74, 6) is -0.0265. The van der Waals surface area contributed by atoms with Gasteiger partial charge < -0.3 is 14.0 Å². The summed E-state index contributed by atoms with van der Waals surface area (Å²) in [5, 5.41) is 0. The Hall–Kier alpha value is -2.93. The molecule has 1 amide bonds. The number of hydrogen-bond donors (Lipinski definition) is 0. The largest absolute Gasteiger partial charge is 0.497 e. The van der Waals surface area contributed by atoms with E-state index in [4.69, 9.17) is 9.47 Å². The maximum absolute atomic E-state index is 12.7. The van der Waals surface area contributed by atoms with E-state index < -0.39 is 0 Å². The van der Waals surface area contributed by atoms with E-state index in [1.807, 2.05) is 44.2 Å². The molecule has 6 nitrogen and oxygen atoms in total. The Labute approximate surface area is 167 Å². The van der Waals surface area contributed by atoms with E-state index in [1.165, 1.54) is 11.3 Å². The van der Waals surface area contributed by atoms with Crippen molar-refractivity contribution in [3.63, 3.8) is 0 Å². The first-order chi connectivity index (χ1) is 13.4. The van der Waals surface area contributed by atoms with Crippen LogP contribution in [-0.2, 0) is 16.1 Å². The van der Waals surface area contributed by atoms with Crippen molar-refractivity contribution in [2.45, 2.75) is 27.3 Å². The molecule has 0 radical (unpaired) electrons. The van der Waals surface area contributed by atoms with Crippen molar-refractivity contribution in [3.05, 3.63) is 57.9 Å². The number of rotatable bonds is 5. The van der Waals surface area contributed by atoms with Crippen molar-refractivity contribution in [1.29, 1.82) is 0 Å². The lowest BCUT2D eigenvalue weighted by Gasteiger charge is -2.06. The van der Waals surface area contributed by atoms with E-state index in [-0.39, 0.29) is 18.4 Å². The van der Waals surface area contributed by atoms with Crippen molar-refractivity contribution in [2.24, 2.45) is 4.99 Å². The smallest absolute Gasteiger partial charge is 0.326 e. The minimum atomic E-state index is -0.377. The minimum absolute atomic E-state index is 0.0147. The van der Waals surface area contributed by atoms with Crippen LogP contribution in [0.25, 0.3) is 10.2 Å². The molecule has 0 atom stereocenters. The maximum atomic E-state index is 12.7. The zero-order valence-corrected chi connectivity index (χ0v) is 17.1. The molecule has 1 heterocycles. The molecular weight excluding hydrogens is 376 g/mol. The second-order valence-electron chi connectivity index (χ2n) is 6.33. The molecule has 0 fully saturated rings. The lowest BCUT2D eigenvalue weighted by atomic mass is 10.1. The van der Waals surface area contributed by atoms with Gasteiger partial charge >= 0.3 is 5.97 Å². The van der Waals surface area contributed by atoms with E-state index in [0.29, 0.717) is 22.7 Å². The normalized spacial score (nSPS) is 11.6. The van der Waals surface area contributed by atoms with Crippen LogP contribution >= 0.6 is 11.3 Å². The fourth-order valence-electron chi connectivity index (χ4n) is 2.78. The Morgan fingerprint density at radius 2 is 1.89 bits per heavy atom. The molecule has 7 heteroatoms. The minimum Gasteiger partial charge on any atom is -0.497 e. The van der Waals surface area contributed by atoms with Gasteiger partial charge in [0.25, 0.3) is 5.91 Å². The highest BCUT2D eigenvalue weighted by atomic mass is 32.1. The summed E-state index contributed by atoms with van der Waals surface area (Å²) in [5.41, 5.74) is 3.45. The summed E-state index contributed by atoms with van der Waals surface area (Å²) in [6.07, 6.45) is 0. The third-order valence-corrected chi connectivity index (χ3v) is 5.47. The fraction of sp³-hybridized carbons (Fsp3) is 0.286. The van der Waals surface area contributed by atoms with Crippen LogP contribution in [0.15, 0.2) is 41.4 Å². The lowest BCUT2D eigenvalue weighted by Crippen LogP contribution is -2.23. The van der Waals surface area contributed by atoms with Gasteiger partial charge in [-0.05, 0) is 62.2 Å². The number of thiazole rings is 1. The number of benzene rings is 2.